The average Bonchev–Trinajstić information content (AvgIpc) is 3.25. The molecule has 2 aromatic rings. The zero-order chi connectivity index (χ0) is 14.8. The first-order chi connectivity index (χ1) is 10.2. The summed E-state index contributed by atoms with van der Waals surface area (Å²) in [5.74, 6) is 1.90. The van der Waals surface area contributed by atoms with Gasteiger partial charge in [0, 0.05) is 38.3 Å². The molecular weight excluding hydrogens is 260 g/mol. The monoisotopic (exact) mass is 284 g/mol. The molecule has 1 saturated carbocycles. The number of aliphatic imine (C=N–C) groups is 1. The quantitative estimate of drug-likeness (QED) is 0.624. The first kappa shape index (κ1) is 14.1. The van der Waals surface area contributed by atoms with Crippen LogP contribution >= 0.6 is 0 Å². The molecular formula is C17H24N4. The lowest BCUT2D eigenvalue weighted by Crippen LogP contribution is -2.30. The molecule has 0 unspecified atom stereocenters. The fourth-order valence-corrected chi connectivity index (χ4v) is 2.71. The van der Waals surface area contributed by atoms with Crippen molar-refractivity contribution in [2.75, 3.05) is 20.1 Å². The maximum Gasteiger partial charge on any atom is 0.147 e. The minimum Gasteiger partial charge on any atom is -0.359 e. The Morgan fingerprint density at radius 2 is 2.24 bits per heavy atom. The molecule has 0 saturated heterocycles. The fraction of sp³-hybridized carbons (Fsp3) is 0.529. The molecule has 1 aliphatic rings. The van der Waals surface area contributed by atoms with E-state index in [-0.39, 0.29) is 0 Å². The molecule has 4 nitrogen and oxygen atoms in total. The molecule has 0 radical (unpaired) electrons. The Bertz CT molecular complexity index is 652. The maximum absolute atomic E-state index is 4.74. The average molecular weight is 284 g/mol. The predicted octanol–water partition coefficient (Wildman–Crippen LogP) is 3.16. The van der Waals surface area contributed by atoms with E-state index in [4.69, 9.17) is 4.99 Å². The van der Waals surface area contributed by atoms with E-state index in [0.29, 0.717) is 0 Å². The number of rotatable bonds is 5. The van der Waals surface area contributed by atoms with Crippen LogP contribution in [0.2, 0.25) is 0 Å². The van der Waals surface area contributed by atoms with Crippen molar-refractivity contribution in [3.8, 4) is 0 Å². The molecule has 0 aliphatic heterocycles. The third kappa shape index (κ3) is 2.80. The Kier molecular flexibility index (Phi) is 3.95. The van der Waals surface area contributed by atoms with Crippen LogP contribution in [0.25, 0.3) is 11.0 Å². The summed E-state index contributed by atoms with van der Waals surface area (Å²) in [5, 5.41) is 1.21. The summed E-state index contributed by atoms with van der Waals surface area (Å²) in [6.07, 6.45) is 4.57. The Morgan fingerprint density at radius 3 is 2.90 bits per heavy atom. The molecule has 0 aromatic carbocycles. The minimum absolute atomic E-state index is 0.804. The van der Waals surface area contributed by atoms with Gasteiger partial charge in [-0.2, -0.15) is 0 Å². The van der Waals surface area contributed by atoms with Crippen LogP contribution in [0.3, 0.4) is 0 Å². The fourth-order valence-electron chi connectivity index (χ4n) is 2.71. The summed E-state index contributed by atoms with van der Waals surface area (Å²) < 4.78 is 2.37. The highest BCUT2D eigenvalue weighted by Gasteiger charge is 2.25. The largest absolute Gasteiger partial charge is 0.359 e. The number of nitrogens with zero attached hydrogens (tertiary/aromatic N) is 4. The molecule has 1 aliphatic carbocycles. The third-order valence-corrected chi connectivity index (χ3v) is 4.17. The van der Waals surface area contributed by atoms with Crippen LogP contribution in [0.1, 0.15) is 32.4 Å². The molecule has 1 fully saturated rings. The van der Waals surface area contributed by atoms with Crippen LogP contribution in [0.4, 0.5) is 0 Å². The van der Waals surface area contributed by atoms with Crippen molar-refractivity contribution in [3.63, 3.8) is 0 Å². The predicted molar refractivity (Wildman–Crippen MR) is 87.8 cm³/mol. The highest BCUT2D eigenvalue weighted by molar-refractivity contribution is 6.01. The molecule has 112 valence electrons. The smallest absolute Gasteiger partial charge is 0.147 e. The third-order valence-electron chi connectivity index (χ3n) is 4.17. The SMILES string of the molecule is CC/N=C(/c1cc2cccnc2n1CC1CC1)N(C)CC. The van der Waals surface area contributed by atoms with E-state index in [1.807, 2.05) is 12.3 Å². The highest BCUT2D eigenvalue weighted by atomic mass is 15.2. The van der Waals surface area contributed by atoms with Crippen molar-refractivity contribution < 1.29 is 0 Å². The van der Waals surface area contributed by atoms with Crippen LogP contribution in [-0.2, 0) is 6.54 Å². The van der Waals surface area contributed by atoms with Crippen molar-refractivity contribution in [2.24, 2.45) is 10.9 Å². The molecule has 2 heterocycles. The summed E-state index contributed by atoms with van der Waals surface area (Å²) in [4.78, 5) is 11.6. The second-order valence-corrected chi connectivity index (χ2v) is 5.81. The van der Waals surface area contributed by atoms with Crippen LogP contribution < -0.4 is 0 Å². The van der Waals surface area contributed by atoms with Crippen LogP contribution in [0.15, 0.2) is 29.4 Å². The lowest BCUT2D eigenvalue weighted by atomic mass is 10.3. The molecule has 0 atom stereocenters. The van der Waals surface area contributed by atoms with E-state index in [1.165, 1.54) is 23.9 Å². The van der Waals surface area contributed by atoms with E-state index in [1.54, 1.807) is 0 Å². The number of amidine groups is 1. The standard InChI is InChI=1S/C17H24N4/c1-4-18-17(20(3)5-2)15-11-14-7-6-10-19-16(14)21(15)12-13-8-9-13/h6-7,10-11,13H,4-5,8-9,12H2,1-3H3/b18-17-. The van der Waals surface area contributed by atoms with Gasteiger partial charge in [0.15, 0.2) is 0 Å². The number of fused-ring (bicyclic) bond motifs is 1. The van der Waals surface area contributed by atoms with E-state index < -0.39 is 0 Å². The zero-order valence-corrected chi connectivity index (χ0v) is 13.2. The lowest BCUT2D eigenvalue weighted by Gasteiger charge is -2.21. The Hall–Kier alpha value is -1.84. The molecule has 0 spiro atoms. The van der Waals surface area contributed by atoms with Crippen molar-refractivity contribution in [2.45, 2.75) is 33.2 Å². The summed E-state index contributed by atoms with van der Waals surface area (Å²) in [5.41, 5.74) is 2.30. The molecule has 0 N–H and O–H groups in total. The molecule has 2 aromatic heterocycles. The maximum atomic E-state index is 4.74. The van der Waals surface area contributed by atoms with Gasteiger partial charge in [-0.1, -0.05) is 0 Å². The van der Waals surface area contributed by atoms with Gasteiger partial charge < -0.3 is 9.47 Å². The van der Waals surface area contributed by atoms with E-state index in [0.717, 1.165) is 37.0 Å². The second-order valence-electron chi connectivity index (χ2n) is 5.81. The van der Waals surface area contributed by atoms with Gasteiger partial charge in [0.05, 0.1) is 5.69 Å². The summed E-state index contributed by atoms with van der Waals surface area (Å²) in [6, 6.07) is 6.39. The highest BCUT2D eigenvalue weighted by Crippen LogP contribution is 2.33. The van der Waals surface area contributed by atoms with Crippen molar-refractivity contribution in [1.82, 2.24) is 14.5 Å². The molecule has 3 rings (SSSR count). The number of aromatic nitrogens is 2. The summed E-state index contributed by atoms with van der Waals surface area (Å²) in [6.45, 7) is 7.08. The Balaban J connectivity index is 2.12. The van der Waals surface area contributed by atoms with E-state index >= 15 is 0 Å². The van der Waals surface area contributed by atoms with Gasteiger partial charge in [-0.05, 0) is 50.8 Å². The van der Waals surface area contributed by atoms with Crippen LogP contribution in [-0.4, -0.2) is 40.4 Å². The van der Waals surface area contributed by atoms with Crippen molar-refractivity contribution >= 4 is 16.9 Å². The van der Waals surface area contributed by atoms with Gasteiger partial charge >= 0.3 is 0 Å². The number of hydrogen-bond donors (Lipinski definition) is 0. The summed E-state index contributed by atoms with van der Waals surface area (Å²) in [7, 11) is 2.11. The number of pyridine rings is 1. The molecule has 21 heavy (non-hydrogen) atoms. The van der Waals surface area contributed by atoms with Gasteiger partial charge in [-0.25, -0.2) is 4.98 Å². The topological polar surface area (TPSA) is 33.4 Å². The first-order valence-corrected chi connectivity index (χ1v) is 7.94. The van der Waals surface area contributed by atoms with Gasteiger partial charge in [0.1, 0.15) is 11.5 Å². The zero-order valence-electron chi connectivity index (χ0n) is 13.2. The molecule has 0 amide bonds. The molecule has 4 heteroatoms. The first-order valence-electron chi connectivity index (χ1n) is 7.94. The van der Waals surface area contributed by atoms with Crippen LogP contribution in [0.5, 0.6) is 0 Å². The normalized spacial score (nSPS) is 15.7. The Morgan fingerprint density at radius 1 is 1.43 bits per heavy atom. The van der Waals surface area contributed by atoms with Gasteiger partial charge in [0.2, 0.25) is 0 Å². The van der Waals surface area contributed by atoms with Gasteiger partial charge in [-0.3, -0.25) is 4.99 Å². The van der Waals surface area contributed by atoms with Gasteiger partial charge in [0.25, 0.3) is 0 Å². The van der Waals surface area contributed by atoms with Crippen molar-refractivity contribution in [3.05, 3.63) is 30.1 Å². The second kappa shape index (κ2) is 5.88. The Labute approximate surface area is 126 Å². The van der Waals surface area contributed by atoms with Gasteiger partial charge in [-0.15, -0.1) is 0 Å². The van der Waals surface area contributed by atoms with Crippen molar-refractivity contribution in [1.29, 1.82) is 0 Å². The minimum atomic E-state index is 0.804. The lowest BCUT2D eigenvalue weighted by molar-refractivity contribution is 0.525. The van der Waals surface area contributed by atoms with E-state index in [2.05, 4.69) is 47.5 Å². The molecule has 0 bridgehead atoms. The van der Waals surface area contributed by atoms with E-state index in [9.17, 15) is 0 Å². The van der Waals surface area contributed by atoms with Crippen LogP contribution in [0, 0.1) is 5.92 Å². The number of hydrogen-bond acceptors (Lipinski definition) is 2. The summed E-state index contributed by atoms with van der Waals surface area (Å²) >= 11 is 0.